The van der Waals surface area contributed by atoms with Crippen LogP contribution in [0.5, 0.6) is 0 Å². The second-order valence-corrected chi connectivity index (χ2v) is 3.41. The molecule has 2 aliphatic heterocycles. The van der Waals surface area contributed by atoms with E-state index in [9.17, 15) is 18.0 Å². The monoisotopic (exact) mass is 234 g/mol. The first-order chi connectivity index (χ1) is 7.45. The summed E-state index contributed by atoms with van der Waals surface area (Å²) in [5, 5.41) is 0. The molecule has 0 saturated carbocycles. The highest BCUT2D eigenvalue weighted by atomic mass is 19.4. The molecular formula is C10H9F3O3. The third-order valence-electron chi connectivity index (χ3n) is 2.41. The first-order valence-corrected chi connectivity index (χ1v) is 4.77. The smallest absolute Gasteiger partial charge is 0.416 e. The van der Waals surface area contributed by atoms with E-state index in [0.717, 1.165) is 0 Å². The normalized spacial score (nSPS) is 27.8. The predicted octanol–water partition coefficient (Wildman–Crippen LogP) is 1.75. The summed E-state index contributed by atoms with van der Waals surface area (Å²) in [4.78, 5) is 11.4. The van der Waals surface area contributed by atoms with Crippen molar-refractivity contribution in [3.63, 3.8) is 0 Å². The zero-order valence-corrected chi connectivity index (χ0v) is 8.38. The van der Waals surface area contributed by atoms with Crippen LogP contribution in [0.4, 0.5) is 13.2 Å². The molecule has 0 aliphatic carbocycles. The van der Waals surface area contributed by atoms with Crippen LogP contribution in [-0.2, 0) is 14.3 Å². The van der Waals surface area contributed by atoms with Gasteiger partial charge in [0.05, 0.1) is 17.8 Å². The minimum Gasteiger partial charge on any atom is -0.463 e. The highest BCUT2D eigenvalue weighted by molar-refractivity contribution is 5.92. The van der Waals surface area contributed by atoms with E-state index in [0.29, 0.717) is 0 Å². The number of rotatable bonds is 2. The standard InChI is InChI=1S/C10H9F3O3/c1-2-15-9(14)7-5-3-4-6(16-5)8(7)10(11,12)13/h3-6H,2H2,1H3/t5-,6+/m0/s1. The highest BCUT2D eigenvalue weighted by Crippen LogP contribution is 2.43. The Morgan fingerprint density at radius 2 is 2.06 bits per heavy atom. The summed E-state index contributed by atoms with van der Waals surface area (Å²) < 4.78 is 47.6. The lowest BCUT2D eigenvalue weighted by atomic mass is 9.96. The average Bonchev–Trinajstić information content (AvgIpc) is 2.74. The van der Waals surface area contributed by atoms with E-state index in [1.807, 2.05) is 0 Å². The Labute approximate surface area is 89.5 Å². The number of esters is 1. The summed E-state index contributed by atoms with van der Waals surface area (Å²) in [5.41, 5.74) is -1.35. The van der Waals surface area contributed by atoms with Gasteiger partial charge in [-0.1, -0.05) is 12.2 Å². The van der Waals surface area contributed by atoms with Crippen LogP contribution in [0.1, 0.15) is 6.92 Å². The fourth-order valence-corrected chi connectivity index (χ4v) is 1.83. The fourth-order valence-electron chi connectivity index (χ4n) is 1.83. The molecule has 2 bridgehead atoms. The molecule has 0 aromatic rings. The van der Waals surface area contributed by atoms with Crippen LogP contribution in [0.3, 0.4) is 0 Å². The molecule has 0 saturated heterocycles. The number of alkyl halides is 3. The number of hydrogen-bond acceptors (Lipinski definition) is 3. The summed E-state index contributed by atoms with van der Waals surface area (Å²) in [6, 6.07) is 0. The minimum atomic E-state index is -4.56. The predicted molar refractivity (Wildman–Crippen MR) is 47.5 cm³/mol. The van der Waals surface area contributed by atoms with Gasteiger partial charge in [-0.3, -0.25) is 0 Å². The van der Waals surface area contributed by atoms with E-state index in [1.54, 1.807) is 0 Å². The molecule has 2 atom stereocenters. The van der Waals surface area contributed by atoms with Crippen molar-refractivity contribution in [1.29, 1.82) is 0 Å². The molecule has 88 valence electrons. The first kappa shape index (κ1) is 11.2. The number of ether oxygens (including phenoxy) is 2. The lowest BCUT2D eigenvalue weighted by molar-refractivity contribution is -0.140. The van der Waals surface area contributed by atoms with Gasteiger partial charge < -0.3 is 9.47 Å². The van der Waals surface area contributed by atoms with Gasteiger partial charge in [-0.15, -0.1) is 0 Å². The molecule has 16 heavy (non-hydrogen) atoms. The first-order valence-electron chi connectivity index (χ1n) is 4.77. The van der Waals surface area contributed by atoms with Gasteiger partial charge in [-0.05, 0) is 6.92 Å². The van der Waals surface area contributed by atoms with Crippen molar-refractivity contribution in [2.24, 2.45) is 0 Å². The topological polar surface area (TPSA) is 35.5 Å². The molecule has 0 aromatic carbocycles. The third kappa shape index (κ3) is 1.63. The average molecular weight is 234 g/mol. The van der Waals surface area contributed by atoms with Crippen molar-refractivity contribution >= 4 is 5.97 Å². The molecule has 2 rings (SSSR count). The van der Waals surface area contributed by atoms with Crippen LogP contribution in [0.25, 0.3) is 0 Å². The zero-order chi connectivity index (χ0) is 11.9. The minimum absolute atomic E-state index is 0.0363. The number of halogens is 3. The number of carbonyl (C=O) groups excluding carboxylic acids is 1. The summed E-state index contributed by atoms with van der Waals surface area (Å²) in [7, 11) is 0. The van der Waals surface area contributed by atoms with Gasteiger partial charge in [-0.2, -0.15) is 13.2 Å². The summed E-state index contributed by atoms with van der Waals surface area (Å²) in [5.74, 6) is -0.952. The van der Waals surface area contributed by atoms with Crippen molar-refractivity contribution in [2.75, 3.05) is 6.61 Å². The summed E-state index contributed by atoms with van der Waals surface area (Å²) >= 11 is 0. The van der Waals surface area contributed by atoms with Crippen LogP contribution in [-0.4, -0.2) is 31.0 Å². The molecule has 2 heterocycles. The second-order valence-electron chi connectivity index (χ2n) is 3.41. The van der Waals surface area contributed by atoms with Crippen LogP contribution in [0.2, 0.25) is 0 Å². The SMILES string of the molecule is CCOC(=O)C1=C(C(F)(F)F)[C@H]2C=C[C@@H]1O2. The molecule has 0 aromatic heterocycles. The summed E-state index contributed by atoms with van der Waals surface area (Å²) in [6.07, 6.45) is -3.90. The van der Waals surface area contributed by atoms with E-state index >= 15 is 0 Å². The Hall–Kier alpha value is -1.30. The Bertz CT molecular complexity index is 381. The molecule has 0 spiro atoms. The van der Waals surface area contributed by atoms with Crippen molar-refractivity contribution in [2.45, 2.75) is 25.3 Å². The van der Waals surface area contributed by atoms with Crippen LogP contribution in [0, 0.1) is 0 Å². The highest BCUT2D eigenvalue weighted by Gasteiger charge is 2.51. The van der Waals surface area contributed by atoms with E-state index in [-0.39, 0.29) is 6.61 Å². The van der Waals surface area contributed by atoms with Crippen molar-refractivity contribution < 1.29 is 27.4 Å². The van der Waals surface area contributed by atoms with E-state index in [2.05, 4.69) is 4.74 Å². The number of hydrogen-bond donors (Lipinski definition) is 0. The quantitative estimate of drug-likeness (QED) is 0.539. The van der Waals surface area contributed by atoms with Gasteiger partial charge in [0.2, 0.25) is 0 Å². The number of carbonyl (C=O) groups is 1. The third-order valence-corrected chi connectivity index (χ3v) is 2.41. The lowest BCUT2D eigenvalue weighted by Crippen LogP contribution is -2.25. The van der Waals surface area contributed by atoms with Gasteiger partial charge in [0.25, 0.3) is 0 Å². The maximum Gasteiger partial charge on any atom is 0.416 e. The molecule has 0 radical (unpaired) electrons. The van der Waals surface area contributed by atoms with Crippen molar-refractivity contribution in [1.82, 2.24) is 0 Å². The molecule has 0 amide bonds. The second kappa shape index (κ2) is 3.62. The van der Waals surface area contributed by atoms with Crippen LogP contribution < -0.4 is 0 Å². The fraction of sp³-hybridized carbons (Fsp3) is 0.500. The van der Waals surface area contributed by atoms with Gasteiger partial charge >= 0.3 is 12.1 Å². The van der Waals surface area contributed by atoms with Crippen LogP contribution >= 0.6 is 0 Å². The largest absolute Gasteiger partial charge is 0.463 e. The Balaban J connectivity index is 2.37. The molecule has 2 aliphatic rings. The van der Waals surface area contributed by atoms with Crippen molar-refractivity contribution in [3.05, 3.63) is 23.3 Å². The van der Waals surface area contributed by atoms with Crippen LogP contribution in [0.15, 0.2) is 23.3 Å². The summed E-state index contributed by atoms with van der Waals surface area (Å²) in [6.45, 7) is 1.57. The van der Waals surface area contributed by atoms with E-state index in [4.69, 9.17) is 4.74 Å². The zero-order valence-electron chi connectivity index (χ0n) is 8.38. The Morgan fingerprint density at radius 3 is 2.62 bits per heavy atom. The van der Waals surface area contributed by atoms with E-state index < -0.39 is 35.5 Å². The maximum absolute atomic E-state index is 12.7. The van der Waals surface area contributed by atoms with Crippen molar-refractivity contribution in [3.8, 4) is 0 Å². The van der Waals surface area contributed by atoms with Gasteiger partial charge in [0.1, 0.15) is 12.2 Å². The lowest BCUT2D eigenvalue weighted by Gasteiger charge is -2.15. The molecule has 0 unspecified atom stereocenters. The Kier molecular flexibility index (Phi) is 2.53. The molecule has 0 fully saturated rings. The Morgan fingerprint density at radius 1 is 1.44 bits per heavy atom. The number of fused-ring (bicyclic) bond motifs is 2. The van der Waals surface area contributed by atoms with Gasteiger partial charge in [0, 0.05) is 0 Å². The maximum atomic E-state index is 12.7. The molecule has 3 nitrogen and oxygen atoms in total. The van der Waals surface area contributed by atoms with E-state index in [1.165, 1.54) is 19.1 Å². The molecular weight excluding hydrogens is 225 g/mol. The molecule has 0 N–H and O–H groups in total. The van der Waals surface area contributed by atoms with Gasteiger partial charge in [0.15, 0.2) is 0 Å². The van der Waals surface area contributed by atoms with Gasteiger partial charge in [-0.25, -0.2) is 4.79 Å². The molecule has 6 heteroatoms.